The van der Waals surface area contributed by atoms with Crippen molar-refractivity contribution >= 4 is 5.91 Å². The van der Waals surface area contributed by atoms with E-state index in [1.165, 1.54) is 5.56 Å². The van der Waals surface area contributed by atoms with Crippen molar-refractivity contribution in [2.75, 3.05) is 40.4 Å². The Morgan fingerprint density at radius 3 is 2.39 bits per heavy atom. The number of hydrogen-bond acceptors (Lipinski definition) is 7. The number of benzene rings is 1. The fourth-order valence-corrected chi connectivity index (χ4v) is 4.49. The predicted molar refractivity (Wildman–Crippen MR) is 122 cm³/mol. The Morgan fingerprint density at radius 1 is 1.00 bits per heavy atom. The lowest BCUT2D eigenvalue weighted by atomic mass is 9.99. The zero-order valence-electron chi connectivity index (χ0n) is 19.0. The van der Waals surface area contributed by atoms with E-state index in [1.54, 1.807) is 14.2 Å². The van der Waals surface area contributed by atoms with Crippen LogP contribution >= 0.6 is 0 Å². The quantitative estimate of drug-likeness (QED) is 0.549. The average Bonchev–Trinajstić information content (AvgIpc) is 3.53. The topological polar surface area (TPSA) is 80.9 Å². The summed E-state index contributed by atoms with van der Waals surface area (Å²) in [6.45, 7) is 4.06. The molecule has 0 radical (unpaired) electrons. The molecular formula is C25H28N4O4. The second kappa shape index (κ2) is 8.86. The Kier molecular flexibility index (Phi) is 5.76. The molecule has 8 heteroatoms. The van der Waals surface area contributed by atoms with Gasteiger partial charge in [0.2, 0.25) is 5.91 Å². The van der Waals surface area contributed by atoms with E-state index in [2.05, 4.69) is 15.0 Å². The van der Waals surface area contributed by atoms with Crippen LogP contribution in [-0.2, 0) is 16.8 Å². The highest BCUT2D eigenvalue weighted by Gasteiger charge is 2.55. The van der Waals surface area contributed by atoms with E-state index in [0.717, 1.165) is 56.8 Å². The maximum atomic E-state index is 13.5. The first kappa shape index (κ1) is 21.5. The van der Waals surface area contributed by atoms with Gasteiger partial charge in [-0.1, -0.05) is 5.16 Å². The molecule has 0 atom stereocenters. The molecule has 1 saturated carbocycles. The van der Waals surface area contributed by atoms with Crippen LogP contribution in [0.5, 0.6) is 11.5 Å². The van der Waals surface area contributed by atoms with Crippen LogP contribution in [0.25, 0.3) is 11.3 Å². The van der Waals surface area contributed by atoms with Crippen LogP contribution in [0.3, 0.4) is 0 Å². The highest BCUT2D eigenvalue weighted by atomic mass is 16.5. The zero-order valence-corrected chi connectivity index (χ0v) is 19.0. The molecule has 0 N–H and O–H groups in total. The van der Waals surface area contributed by atoms with Crippen molar-refractivity contribution in [3.05, 3.63) is 60.0 Å². The van der Waals surface area contributed by atoms with Crippen molar-refractivity contribution in [2.24, 2.45) is 0 Å². The Hall–Kier alpha value is -3.39. The van der Waals surface area contributed by atoms with Crippen LogP contribution in [-0.4, -0.2) is 66.2 Å². The number of nitrogens with zero attached hydrogens (tertiary/aromatic N) is 4. The molecule has 1 aliphatic carbocycles. The second-order valence-corrected chi connectivity index (χ2v) is 8.65. The minimum Gasteiger partial charge on any atom is -0.493 e. The molecule has 1 amide bonds. The lowest BCUT2D eigenvalue weighted by molar-refractivity contribution is -0.136. The van der Waals surface area contributed by atoms with Crippen LogP contribution < -0.4 is 9.47 Å². The normalized spacial score (nSPS) is 17.6. The summed E-state index contributed by atoms with van der Waals surface area (Å²) in [7, 11) is 3.20. The number of amides is 1. The van der Waals surface area contributed by atoms with Gasteiger partial charge in [-0.15, -0.1) is 0 Å². The van der Waals surface area contributed by atoms with Gasteiger partial charge in [0.25, 0.3) is 0 Å². The van der Waals surface area contributed by atoms with Crippen molar-refractivity contribution in [3.63, 3.8) is 0 Å². The molecule has 2 aliphatic rings. The van der Waals surface area contributed by atoms with E-state index in [4.69, 9.17) is 14.0 Å². The molecule has 33 heavy (non-hydrogen) atoms. The van der Waals surface area contributed by atoms with E-state index in [9.17, 15) is 4.79 Å². The van der Waals surface area contributed by atoms with Crippen LogP contribution in [0.1, 0.15) is 24.1 Å². The van der Waals surface area contributed by atoms with Gasteiger partial charge in [-0.05, 0) is 48.7 Å². The van der Waals surface area contributed by atoms with Gasteiger partial charge in [0.05, 0.1) is 25.3 Å². The molecule has 5 rings (SSSR count). The fraction of sp³-hybridized carbons (Fsp3) is 0.400. The molecule has 0 unspecified atom stereocenters. The van der Waals surface area contributed by atoms with E-state index in [1.807, 2.05) is 53.7 Å². The molecule has 8 nitrogen and oxygen atoms in total. The van der Waals surface area contributed by atoms with Crippen LogP contribution in [0, 0.1) is 0 Å². The van der Waals surface area contributed by atoms with Crippen LogP contribution in [0.2, 0.25) is 0 Å². The number of methoxy groups -OCH3 is 2. The minimum absolute atomic E-state index is 0.165. The number of carbonyl (C=O) groups excluding carboxylic acids is 1. The molecule has 0 bridgehead atoms. The smallest absolute Gasteiger partial charge is 0.235 e. The van der Waals surface area contributed by atoms with Gasteiger partial charge in [-0.25, -0.2) is 0 Å². The standard InChI is InChI=1S/C25H28N4O4/c1-31-20-4-3-19(15-22(20)32-2)21-16-23(27-33-21)25(7-8-25)24(30)29-13-11-28(12-14-29)17-18-5-9-26-10-6-18/h3-6,9-10,15-16H,7-8,11-14,17H2,1-2H3. The highest BCUT2D eigenvalue weighted by Crippen LogP contribution is 2.50. The number of pyridine rings is 1. The molecule has 1 saturated heterocycles. The summed E-state index contributed by atoms with van der Waals surface area (Å²) in [6, 6.07) is 11.6. The first-order chi connectivity index (χ1) is 16.1. The average molecular weight is 449 g/mol. The molecule has 3 aromatic rings. The van der Waals surface area contributed by atoms with Crippen LogP contribution in [0.15, 0.2) is 53.3 Å². The maximum absolute atomic E-state index is 13.5. The maximum Gasteiger partial charge on any atom is 0.235 e. The van der Waals surface area contributed by atoms with Crippen molar-refractivity contribution in [1.82, 2.24) is 19.9 Å². The number of carbonyl (C=O) groups is 1. The largest absolute Gasteiger partial charge is 0.493 e. The van der Waals surface area contributed by atoms with E-state index < -0.39 is 5.41 Å². The minimum atomic E-state index is -0.550. The van der Waals surface area contributed by atoms with Gasteiger partial charge in [-0.2, -0.15) is 0 Å². The van der Waals surface area contributed by atoms with Gasteiger partial charge in [0.15, 0.2) is 17.3 Å². The van der Waals surface area contributed by atoms with Gasteiger partial charge in [0.1, 0.15) is 0 Å². The Morgan fingerprint density at radius 2 is 1.73 bits per heavy atom. The van der Waals surface area contributed by atoms with Gasteiger partial charge < -0.3 is 18.9 Å². The van der Waals surface area contributed by atoms with Crippen molar-refractivity contribution in [3.8, 4) is 22.8 Å². The summed E-state index contributed by atoms with van der Waals surface area (Å²) in [5.74, 6) is 2.05. The van der Waals surface area contributed by atoms with Crippen molar-refractivity contribution in [2.45, 2.75) is 24.8 Å². The Labute approximate surface area is 193 Å². The van der Waals surface area contributed by atoms with Gasteiger partial charge in [0, 0.05) is 56.7 Å². The first-order valence-electron chi connectivity index (χ1n) is 11.2. The molecule has 2 aromatic heterocycles. The third-order valence-electron chi connectivity index (χ3n) is 6.64. The molecule has 2 fully saturated rings. The molecule has 172 valence electrons. The summed E-state index contributed by atoms with van der Waals surface area (Å²) in [4.78, 5) is 21.9. The van der Waals surface area contributed by atoms with Crippen LogP contribution in [0.4, 0.5) is 0 Å². The summed E-state index contributed by atoms with van der Waals surface area (Å²) in [5, 5.41) is 4.30. The third kappa shape index (κ3) is 4.18. The lowest BCUT2D eigenvalue weighted by Crippen LogP contribution is -2.51. The van der Waals surface area contributed by atoms with Gasteiger partial charge in [-0.3, -0.25) is 14.7 Å². The summed E-state index contributed by atoms with van der Waals surface area (Å²) < 4.78 is 16.3. The highest BCUT2D eigenvalue weighted by molar-refractivity contribution is 5.91. The Bertz CT molecular complexity index is 1120. The number of hydrogen-bond donors (Lipinski definition) is 0. The third-order valence-corrected chi connectivity index (χ3v) is 6.64. The summed E-state index contributed by atoms with van der Waals surface area (Å²) in [6.07, 6.45) is 5.25. The molecule has 3 heterocycles. The molecule has 0 spiro atoms. The number of piperazine rings is 1. The molecular weight excluding hydrogens is 420 g/mol. The number of rotatable bonds is 7. The monoisotopic (exact) mass is 448 g/mol. The summed E-state index contributed by atoms with van der Waals surface area (Å²) in [5.41, 5.74) is 2.25. The SMILES string of the molecule is COc1ccc(-c2cc(C3(C(=O)N4CCN(Cc5ccncc5)CC4)CC3)no2)cc1OC. The molecule has 1 aliphatic heterocycles. The first-order valence-corrected chi connectivity index (χ1v) is 11.2. The van der Waals surface area contributed by atoms with Crippen molar-refractivity contribution < 1.29 is 18.8 Å². The Balaban J connectivity index is 1.26. The van der Waals surface area contributed by atoms with Crippen molar-refractivity contribution in [1.29, 1.82) is 0 Å². The van der Waals surface area contributed by atoms with E-state index in [-0.39, 0.29) is 5.91 Å². The van der Waals surface area contributed by atoms with E-state index in [0.29, 0.717) is 17.3 Å². The number of aromatic nitrogens is 2. The second-order valence-electron chi connectivity index (χ2n) is 8.65. The van der Waals surface area contributed by atoms with Gasteiger partial charge >= 0.3 is 0 Å². The zero-order chi connectivity index (χ0) is 22.8. The predicted octanol–water partition coefficient (Wildman–Crippen LogP) is 3.13. The lowest BCUT2D eigenvalue weighted by Gasteiger charge is -2.36. The van der Waals surface area contributed by atoms with E-state index >= 15 is 0 Å². The number of ether oxygens (including phenoxy) is 2. The molecule has 1 aromatic carbocycles. The summed E-state index contributed by atoms with van der Waals surface area (Å²) >= 11 is 0. The fourth-order valence-electron chi connectivity index (χ4n) is 4.49.